The summed E-state index contributed by atoms with van der Waals surface area (Å²) >= 11 is 6.01. The number of ether oxygens (including phenoxy) is 1. The van der Waals surface area contributed by atoms with Crippen molar-refractivity contribution in [3.05, 3.63) is 47.0 Å². The maximum absolute atomic E-state index is 12.4. The number of halogens is 1. The van der Waals surface area contributed by atoms with E-state index >= 15 is 0 Å². The van der Waals surface area contributed by atoms with Crippen LogP contribution in [0.3, 0.4) is 0 Å². The second-order valence-corrected chi connectivity index (χ2v) is 5.81. The molecule has 1 saturated heterocycles. The van der Waals surface area contributed by atoms with Crippen LogP contribution in [-0.4, -0.2) is 39.9 Å². The van der Waals surface area contributed by atoms with Gasteiger partial charge in [0.2, 0.25) is 0 Å². The van der Waals surface area contributed by atoms with Crippen LogP contribution in [0.1, 0.15) is 16.1 Å². The summed E-state index contributed by atoms with van der Waals surface area (Å²) in [5.74, 6) is 0.0126. The Labute approximate surface area is 133 Å². The van der Waals surface area contributed by atoms with E-state index < -0.39 is 0 Å². The molecule has 6 nitrogen and oxygen atoms in total. The van der Waals surface area contributed by atoms with Gasteiger partial charge >= 0.3 is 0 Å². The molecule has 1 amide bonds. The molecular weight excluding hydrogens is 304 g/mol. The van der Waals surface area contributed by atoms with Crippen molar-refractivity contribution in [3.63, 3.8) is 0 Å². The Kier molecular flexibility index (Phi) is 4.40. The molecule has 1 fully saturated rings. The Balaban J connectivity index is 1.67. The van der Waals surface area contributed by atoms with Gasteiger partial charge < -0.3 is 10.1 Å². The van der Waals surface area contributed by atoms with Gasteiger partial charge in [0, 0.05) is 25.4 Å². The molecule has 1 N–H and O–H groups in total. The van der Waals surface area contributed by atoms with E-state index in [0.717, 1.165) is 6.42 Å². The number of carbonyl (C=O) groups is 1. The fourth-order valence-corrected chi connectivity index (χ4v) is 2.94. The molecule has 2 aromatic heterocycles. The molecule has 3 rings (SSSR count). The summed E-state index contributed by atoms with van der Waals surface area (Å²) in [6.45, 7) is 1.14. The van der Waals surface area contributed by atoms with E-state index in [-0.39, 0.29) is 17.9 Å². The number of aryl methyl sites for hydroxylation is 1. The average molecular weight is 321 g/mol. The van der Waals surface area contributed by atoms with Crippen LogP contribution in [0.15, 0.2) is 30.7 Å². The highest BCUT2D eigenvalue weighted by Crippen LogP contribution is 2.20. The third kappa shape index (κ3) is 3.13. The number of pyridine rings is 1. The van der Waals surface area contributed by atoms with Gasteiger partial charge in [-0.15, -0.1) is 0 Å². The van der Waals surface area contributed by atoms with Crippen molar-refractivity contribution in [2.75, 3.05) is 13.2 Å². The minimum Gasteiger partial charge on any atom is -0.379 e. The van der Waals surface area contributed by atoms with E-state index in [4.69, 9.17) is 16.3 Å². The van der Waals surface area contributed by atoms with Crippen LogP contribution in [0.2, 0.25) is 5.02 Å². The molecule has 1 aliphatic heterocycles. The molecule has 22 heavy (non-hydrogen) atoms. The smallest absolute Gasteiger partial charge is 0.271 e. The van der Waals surface area contributed by atoms with Gasteiger partial charge in [0.25, 0.3) is 5.91 Å². The predicted octanol–water partition coefficient (Wildman–Crippen LogP) is 1.46. The number of nitrogens with one attached hydrogen (secondary N) is 1. The summed E-state index contributed by atoms with van der Waals surface area (Å²) in [7, 11) is 1.69. The predicted molar refractivity (Wildman–Crippen MR) is 81.7 cm³/mol. The highest BCUT2D eigenvalue weighted by molar-refractivity contribution is 6.33. The molecule has 116 valence electrons. The number of carbonyl (C=O) groups excluding carboxylic acids is 1. The number of amides is 1. The molecule has 2 atom stereocenters. The Bertz CT molecular complexity index is 639. The van der Waals surface area contributed by atoms with Crippen LogP contribution in [0.5, 0.6) is 0 Å². The Hall–Kier alpha value is -1.92. The van der Waals surface area contributed by atoms with E-state index in [1.165, 1.54) is 16.4 Å². The Morgan fingerprint density at radius 2 is 2.23 bits per heavy atom. The fourth-order valence-electron chi connectivity index (χ4n) is 2.68. The molecule has 0 bridgehead atoms. The van der Waals surface area contributed by atoms with Crippen LogP contribution < -0.4 is 5.32 Å². The maximum atomic E-state index is 12.4. The molecule has 0 aromatic carbocycles. The average Bonchev–Trinajstić information content (AvgIpc) is 3.07. The molecule has 0 saturated carbocycles. The summed E-state index contributed by atoms with van der Waals surface area (Å²) in [4.78, 5) is 16.4. The van der Waals surface area contributed by atoms with Gasteiger partial charge in [0.15, 0.2) is 0 Å². The zero-order valence-corrected chi connectivity index (χ0v) is 13.0. The molecule has 1 aliphatic rings. The molecule has 2 aromatic rings. The van der Waals surface area contributed by atoms with Crippen LogP contribution >= 0.6 is 11.6 Å². The molecule has 0 spiro atoms. The highest BCUT2D eigenvalue weighted by Gasteiger charge is 2.31. The number of hydrogen-bond acceptors (Lipinski definition) is 4. The Morgan fingerprint density at radius 3 is 2.91 bits per heavy atom. The number of rotatable bonds is 4. The normalized spacial score (nSPS) is 21.0. The van der Waals surface area contributed by atoms with Crippen molar-refractivity contribution in [1.82, 2.24) is 20.1 Å². The van der Waals surface area contributed by atoms with Crippen molar-refractivity contribution in [2.24, 2.45) is 13.0 Å². The summed E-state index contributed by atoms with van der Waals surface area (Å²) < 4.78 is 7.01. The Morgan fingerprint density at radius 1 is 1.45 bits per heavy atom. The molecular formula is C15H17ClN4O2. The summed E-state index contributed by atoms with van der Waals surface area (Å²) in [6.07, 6.45) is 5.85. The maximum Gasteiger partial charge on any atom is 0.271 e. The SMILES string of the molecule is Cn1ncc(Cl)c1C(=O)N[C@@H]1COC[C@H]1Cc1ccncc1. The summed E-state index contributed by atoms with van der Waals surface area (Å²) in [6, 6.07) is 3.93. The molecule has 7 heteroatoms. The van der Waals surface area contributed by atoms with E-state index in [1.54, 1.807) is 19.4 Å². The first-order valence-corrected chi connectivity index (χ1v) is 7.48. The van der Waals surface area contributed by atoms with E-state index in [0.29, 0.717) is 23.9 Å². The zero-order chi connectivity index (χ0) is 15.5. The first-order valence-electron chi connectivity index (χ1n) is 7.10. The summed E-state index contributed by atoms with van der Waals surface area (Å²) in [5.41, 5.74) is 1.56. The number of hydrogen-bond donors (Lipinski definition) is 1. The summed E-state index contributed by atoms with van der Waals surface area (Å²) in [5, 5.41) is 7.34. The topological polar surface area (TPSA) is 69.0 Å². The highest BCUT2D eigenvalue weighted by atomic mass is 35.5. The molecule has 0 unspecified atom stereocenters. The second-order valence-electron chi connectivity index (χ2n) is 5.40. The number of aromatic nitrogens is 3. The van der Waals surface area contributed by atoms with Gasteiger partial charge in [0.1, 0.15) is 5.69 Å². The van der Waals surface area contributed by atoms with Crippen LogP contribution in [0.4, 0.5) is 0 Å². The third-order valence-corrected chi connectivity index (χ3v) is 4.15. The lowest BCUT2D eigenvalue weighted by Crippen LogP contribution is -2.41. The van der Waals surface area contributed by atoms with Crippen LogP contribution in [0, 0.1) is 5.92 Å². The van der Waals surface area contributed by atoms with E-state index in [9.17, 15) is 4.79 Å². The molecule has 0 radical (unpaired) electrons. The minimum absolute atomic E-state index is 0.0355. The molecule has 3 heterocycles. The van der Waals surface area contributed by atoms with E-state index in [2.05, 4.69) is 15.4 Å². The standard InChI is InChI=1S/C15H17ClN4O2/c1-20-14(12(16)7-18-20)15(21)19-13-9-22-8-11(13)6-10-2-4-17-5-3-10/h2-5,7,11,13H,6,8-9H2,1H3,(H,19,21)/t11-,13-/m1/s1. The van der Waals surface area contributed by atoms with E-state index in [1.807, 2.05) is 12.1 Å². The van der Waals surface area contributed by atoms with Gasteiger partial charge in [-0.1, -0.05) is 11.6 Å². The van der Waals surface area contributed by atoms with Crippen molar-refractivity contribution in [3.8, 4) is 0 Å². The lowest BCUT2D eigenvalue weighted by Gasteiger charge is -2.19. The van der Waals surface area contributed by atoms with Gasteiger partial charge in [-0.3, -0.25) is 14.5 Å². The van der Waals surface area contributed by atoms with Crippen molar-refractivity contribution in [1.29, 1.82) is 0 Å². The largest absolute Gasteiger partial charge is 0.379 e. The lowest BCUT2D eigenvalue weighted by atomic mass is 9.95. The van der Waals surface area contributed by atoms with Crippen LogP contribution in [0.25, 0.3) is 0 Å². The van der Waals surface area contributed by atoms with Gasteiger partial charge in [-0.25, -0.2) is 0 Å². The van der Waals surface area contributed by atoms with Crippen molar-refractivity contribution >= 4 is 17.5 Å². The first-order chi connectivity index (χ1) is 10.6. The van der Waals surface area contributed by atoms with Gasteiger partial charge in [-0.2, -0.15) is 5.10 Å². The number of nitrogens with zero attached hydrogens (tertiary/aromatic N) is 3. The molecule has 0 aliphatic carbocycles. The van der Waals surface area contributed by atoms with Gasteiger partial charge in [-0.05, 0) is 24.1 Å². The monoisotopic (exact) mass is 320 g/mol. The third-order valence-electron chi connectivity index (χ3n) is 3.87. The zero-order valence-electron chi connectivity index (χ0n) is 12.2. The quantitative estimate of drug-likeness (QED) is 0.926. The van der Waals surface area contributed by atoms with Crippen molar-refractivity contribution < 1.29 is 9.53 Å². The van der Waals surface area contributed by atoms with Crippen LogP contribution in [-0.2, 0) is 18.2 Å². The minimum atomic E-state index is -0.222. The van der Waals surface area contributed by atoms with Gasteiger partial charge in [0.05, 0.1) is 30.5 Å². The second kappa shape index (κ2) is 6.46. The van der Waals surface area contributed by atoms with Crippen molar-refractivity contribution in [2.45, 2.75) is 12.5 Å². The fraction of sp³-hybridized carbons (Fsp3) is 0.400. The lowest BCUT2D eigenvalue weighted by molar-refractivity contribution is 0.0915. The first kappa shape index (κ1) is 15.0.